The Morgan fingerprint density at radius 1 is 0.920 bits per heavy atom. The Labute approximate surface area is 147 Å². The Morgan fingerprint density at radius 3 is 1.84 bits per heavy atom. The van der Waals surface area contributed by atoms with E-state index >= 15 is 0 Å². The van der Waals surface area contributed by atoms with Gasteiger partial charge in [-0.15, -0.1) is 0 Å². The van der Waals surface area contributed by atoms with Gasteiger partial charge in [-0.3, -0.25) is 19.2 Å². The van der Waals surface area contributed by atoms with E-state index in [4.69, 9.17) is 35.3 Å². The molecule has 0 spiro atoms. The predicted molar refractivity (Wildman–Crippen MR) is 77.9 cm³/mol. The summed E-state index contributed by atoms with van der Waals surface area (Å²) < 4.78 is 39.1. The van der Waals surface area contributed by atoms with Crippen LogP contribution in [0.25, 0.3) is 0 Å². The van der Waals surface area contributed by atoms with Crippen LogP contribution in [0.1, 0.15) is 27.7 Å². The zero-order valence-electron chi connectivity index (χ0n) is 13.9. The van der Waals surface area contributed by atoms with Crippen LogP contribution < -0.4 is 0 Å². The first kappa shape index (κ1) is 21.1. The van der Waals surface area contributed by atoms with Crippen molar-refractivity contribution in [2.45, 2.75) is 57.4 Å². The Kier molecular flexibility index (Phi) is 7.12. The second-order valence-corrected chi connectivity index (χ2v) is 5.71. The molecule has 0 saturated carbocycles. The van der Waals surface area contributed by atoms with Crippen LogP contribution in [0.5, 0.6) is 0 Å². The highest BCUT2D eigenvalue weighted by Gasteiger charge is 2.60. The number of halogens is 2. The molecule has 142 valence electrons. The number of hydrogen-bond donors (Lipinski definition) is 0. The highest BCUT2D eigenvalue weighted by Crippen LogP contribution is 2.39. The van der Waals surface area contributed by atoms with E-state index in [0.717, 1.165) is 27.7 Å². The maximum absolute atomic E-state index is 14.7. The Balaban J connectivity index is 3.24. The molecule has 1 heterocycles. The third-order valence-corrected chi connectivity index (χ3v) is 3.28. The highest BCUT2D eigenvalue weighted by atomic mass is 35.5. The molecule has 1 aliphatic heterocycles. The molecule has 0 aromatic rings. The summed E-state index contributed by atoms with van der Waals surface area (Å²) in [6, 6.07) is 0. The summed E-state index contributed by atoms with van der Waals surface area (Å²) in [4.78, 5) is 44.9. The number of carbonyl (C=O) groups is 4. The van der Waals surface area contributed by atoms with Gasteiger partial charge in [0.15, 0.2) is 12.2 Å². The molecule has 11 heteroatoms. The lowest BCUT2D eigenvalue weighted by atomic mass is 9.98. The van der Waals surface area contributed by atoms with Crippen molar-refractivity contribution in [1.82, 2.24) is 0 Å². The topological polar surface area (TPSA) is 114 Å². The summed E-state index contributed by atoms with van der Waals surface area (Å²) in [6.45, 7) is 3.59. The predicted octanol–water partition coefficient (Wildman–Crippen LogP) is 0.605. The fraction of sp³-hybridized carbons (Fsp3) is 0.714. The molecule has 1 rings (SSSR count). The van der Waals surface area contributed by atoms with Crippen LogP contribution in [-0.2, 0) is 42.9 Å². The van der Waals surface area contributed by atoms with E-state index in [-0.39, 0.29) is 0 Å². The first-order valence-electron chi connectivity index (χ1n) is 7.14. The van der Waals surface area contributed by atoms with Gasteiger partial charge in [0.05, 0.1) is 0 Å². The number of hydrogen-bond acceptors (Lipinski definition) is 9. The molecule has 0 aromatic carbocycles. The number of esters is 4. The molecule has 25 heavy (non-hydrogen) atoms. The van der Waals surface area contributed by atoms with E-state index in [1.165, 1.54) is 0 Å². The first-order chi connectivity index (χ1) is 11.4. The quantitative estimate of drug-likeness (QED) is 0.382. The average Bonchev–Trinajstić information content (AvgIpc) is 2.42. The molecule has 0 radical (unpaired) electrons. The van der Waals surface area contributed by atoms with Crippen molar-refractivity contribution >= 4 is 35.5 Å². The van der Waals surface area contributed by atoms with Gasteiger partial charge in [-0.25, -0.2) is 0 Å². The molecule has 0 aromatic heterocycles. The van der Waals surface area contributed by atoms with Crippen LogP contribution in [0.4, 0.5) is 4.39 Å². The van der Waals surface area contributed by atoms with Gasteiger partial charge in [-0.2, -0.15) is 4.39 Å². The summed E-state index contributed by atoms with van der Waals surface area (Å²) in [5.41, 5.74) is 0. The maximum atomic E-state index is 14.7. The zero-order valence-corrected chi connectivity index (χ0v) is 14.7. The van der Waals surface area contributed by atoms with Crippen molar-refractivity contribution in [3.8, 4) is 0 Å². The summed E-state index contributed by atoms with van der Waals surface area (Å²) >= 11 is 5.63. The van der Waals surface area contributed by atoms with E-state index in [0.29, 0.717) is 0 Å². The molecule has 1 aliphatic rings. The molecule has 0 unspecified atom stereocenters. The minimum absolute atomic E-state index is 0.545. The lowest BCUT2D eigenvalue weighted by Gasteiger charge is -2.44. The van der Waals surface area contributed by atoms with Crippen LogP contribution >= 0.6 is 11.6 Å². The van der Waals surface area contributed by atoms with Gasteiger partial charge in [-0.05, 0) is 11.6 Å². The van der Waals surface area contributed by atoms with Crippen LogP contribution in [-0.4, -0.2) is 60.2 Å². The number of alkyl halides is 2. The van der Waals surface area contributed by atoms with Crippen LogP contribution in [0.15, 0.2) is 0 Å². The summed E-state index contributed by atoms with van der Waals surface area (Å²) in [7, 11) is 0. The molecular formula is C14H18ClFO9. The van der Waals surface area contributed by atoms with Crippen molar-refractivity contribution < 1.29 is 47.3 Å². The van der Waals surface area contributed by atoms with Gasteiger partial charge in [-0.1, -0.05) is 0 Å². The van der Waals surface area contributed by atoms with E-state index in [2.05, 4.69) is 0 Å². The van der Waals surface area contributed by atoms with Crippen LogP contribution in [0.2, 0.25) is 0 Å². The molecule has 1 fully saturated rings. The SMILES string of the molecule is CC(=O)OC[C@H]1O[C@](F)(Cl)[C@H](OC(C)=O)[C@@H](OC(C)=O)[C@@H]1OC(C)=O. The van der Waals surface area contributed by atoms with Gasteiger partial charge >= 0.3 is 29.2 Å². The third kappa shape index (κ3) is 6.13. The number of rotatable bonds is 5. The van der Waals surface area contributed by atoms with Crippen molar-refractivity contribution in [2.24, 2.45) is 0 Å². The molecule has 0 amide bonds. The largest absolute Gasteiger partial charge is 0.463 e. The summed E-state index contributed by atoms with van der Waals surface area (Å²) in [5.74, 6) is -3.34. The molecule has 0 bridgehead atoms. The smallest absolute Gasteiger partial charge is 0.328 e. The maximum Gasteiger partial charge on any atom is 0.328 e. The summed E-state index contributed by atoms with van der Waals surface area (Å²) in [5, 5.41) is -3.12. The molecule has 0 N–H and O–H groups in total. The van der Waals surface area contributed by atoms with E-state index < -0.39 is 60.2 Å². The minimum atomic E-state index is -3.12. The fourth-order valence-corrected chi connectivity index (χ4v) is 2.49. The molecular weight excluding hydrogens is 367 g/mol. The third-order valence-electron chi connectivity index (χ3n) is 2.98. The second kappa shape index (κ2) is 8.43. The lowest BCUT2D eigenvalue weighted by Crippen LogP contribution is -2.64. The Hall–Kier alpha value is -1.94. The van der Waals surface area contributed by atoms with Gasteiger partial charge in [0.1, 0.15) is 12.7 Å². The summed E-state index contributed by atoms with van der Waals surface area (Å²) in [6.07, 6.45) is -6.39. The average molecular weight is 385 g/mol. The second-order valence-electron chi connectivity index (χ2n) is 5.20. The van der Waals surface area contributed by atoms with Crippen LogP contribution in [0.3, 0.4) is 0 Å². The van der Waals surface area contributed by atoms with Crippen molar-refractivity contribution in [1.29, 1.82) is 0 Å². The number of carbonyl (C=O) groups excluding carboxylic acids is 4. The molecule has 1 saturated heterocycles. The van der Waals surface area contributed by atoms with Crippen LogP contribution in [0, 0.1) is 0 Å². The minimum Gasteiger partial charge on any atom is -0.463 e. The van der Waals surface area contributed by atoms with Crippen molar-refractivity contribution in [2.75, 3.05) is 6.61 Å². The van der Waals surface area contributed by atoms with Gasteiger partial charge in [0, 0.05) is 27.7 Å². The normalized spacial score (nSPS) is 31.6. The van der Waals surface area contributed by atoms with E-state index in [1.54, 1.807) is 0 Å². The highest BCUT2D eigenvalue weighted by molar-refractivity contribution is 6.22. The fourth-order valence-electron chi connectivity index (χ4n) is 2.21. The van der Waals surface area contributed by atoms with E-state index in [9.17, 15) is 23.6 Å². The van der Waals surface area contributed by atoms with Crippen molar-refractivity contribution in [3.63, 3.8) is 0 Å². The monoisotopic (exact) mass is 384 g/mol. The zero-order chi connectivity index (χ0) is 19.4. The van der Waals surface area contributed by atoms with E-state index in [1.807, 2.05) is 0 Å². The van der Waals surface area contributed by atoms with Crippen molar-refractivity contribution in [3.05, 3.63) is 0 Å². The lowest BCUT2D eigenvalue weighted by molar-refractivity contribution is -0.294. The van der Waals surface area contributed by atoms with Gasteiger partial charge in [0.2, 0.25) is 6.10 Å². The Morgan fingerprint density at radius 2 is 1.40 bits per heavy atom. The van der Waals surface area contributed by atoms with Gasteiger partial charge in [0.25, 0.3) is 0 Å². The molecule has 9 nitrogen and oxygen atoms in total. The Bertz CT molecular complexity index is 550. The van der Waals surface area contributed by atoms with Gasteiger partial charge < -0.3 is 23.7 Å². The molecule has 0 aliphatic carbocycles. The molecule has 5 atom stereocenters. The first-order valence-corrected chi connectivity index (χ1v) is 7.52. The number of ether oxygens (including phenoxy) is 5. The standard InChI is InChI=1S/C14H18ClFO9/c1-6(17)21-5-10-11(22-7(2)18)12(23-8(3)19)13(24-9(4)20)14(15,16)25-10/h10-13H,5H2,1-4H3/t10-,11-,12+,13-,14+/m1/s1.